The van der Waals surface area contributed by atoms with Crippen molar-refractivity contribution in [3.05, 3.63) is 66.8 Å². The number of benzene rings is 2. The van der Waals surface area contributed by atoms with Gasteiger partial charge in [-0.15, -0.1) is 6.58 Å². The van der Waals surface area contributed by atoms with Gasteiger partial charge in [0.2, 0.25) is 11.8 Å². The largest absolute Gasteiger partial charge is 0.497 e. The fourth-order valence-electron chi connectivity index (χ4n) is 2.75. The van der Waals surface area contributed by atoms with Gasteiger partial charge in [-0.2, -0.15) is 0 Å². The van der Waals surface area contributed by atoms with E-state index in [2.05, 4.69) is 16.9 Å². The molecule has 1 aliphatic heterocycles. The van der Waals surface area contributed by atoms with Crippen LogP contribution in [0.3, 0.4) is 0 Å². The van der Waals surface area contributed by atoms with Crippen molar-refractivity contribution in [1.29, 1.82) is 0 Å². The molecule has 2 aromatic carbocycles. The van der Waals surface area contributed by atoms with Gasteiger partial charge < -0.3 is 10.1 Å². The molecular weight excluding hydrogens is 412 g/mol. The summed E-state index contributed by atoms with van der Waals surface area (Å²) in [5.41, 5.74) is 0.477. The lowest BCUT2D eigenvalue weighted by molar-refractivity contribution is -0.127. The number of methoxy groups -OCH3 is 1. The molecule has 1 N–H and O–H groups in total. The summed E-state index contributed by atoms with van der Waals surface area (Å²) in [7, 11) is 1.56. The summed E-state index contributed by atoms with van der Waals surface area (Å²) >= 11 is 1.15. The number of thioether (sulfide) groups is 1. The van der Waals surface area contributed by atoms with E-state index in [9.17, 15) is 18.4 Å². The Morgan fingerprint density at radius 3 is 2.67 bits per heavy atom. The Labute approximate surface area is 176 Å². The summed E-state index contributed by atoms with van der Waals surface area (Å²) < 4.78 is 31.9. The molecule has 0 bridgehead atoms. The molecule has 156 valence electrons. The summed E-state index contributed by atoms with van der Waals surface area (Å²) in [6.45, 7) is 3.90. The Hall–Kier alpha value is -3.20. The van der Waals surface area contributed by atoms with Crippen LogP contribution in [-0.2, 0) is 9.59 Å². The zero-order valence-corrected chi connectivity index (χ0v) is 16.9. The average molecular weight is 431 g/mol. The van der Waals surface area contributed by atoms with Crippen LogP contribution in [0.25, 0.3) is 0 Å². The van der Waals surface area contributed by atoms with Crippen LogP contribution in [0.15, 0.2) is 60.1 Å². The van der Waals surface area contributed by atoms with Gasteiger partial charge in [-0.3, -0.25) is 14.5 Å². The fraction of sp³-hybridized carbons (Fsp3) is 0.190. The molecule has 3 rings (SSSR count). The van der Waals surface area contributed by atoms with E-state index in [0.717, 1.165) is 23.9 Å². The van der Waals surface area contributed by atoms with Crippen LogP contribution in [0, 0.1) is 11.6 Å². The number of ether oxygens (including phenoxy) is 1. The van der Waals surface area contributed by atoms with E-state index in [4.69, 9.17) is 4.74 Å². The highest BCUT2D eigenvalue weighted by molar-refractivity contribution is 8.15. The molecule has 1 heterocycles. The van der Waals surface area contributed by atoms with Crippen molar-refractivity contribution < 1.29 is 23.1 Å². The van der Waals surface area contributed by atoms with E-state index in [1.807, 2.05) is 0 Å². The summed E-state index contributed by atoms with van der Waals surface area (Å²) in [5.74, 6) is -1.80. The number of halogens is 2. The summed E-state index contributed by atoms with van der Waals surface area (Å²) in [6.07, 6.45) is 1.38. The molecular formula is C21H19F2N3O3S. The number of carbonyl (C=O) groups excluding carboxylic acids is 2. The van der Waals surface area contributed by atoms with Gasteiger partial charge >= 0.3 is 0 Å². The fourth-order valence-corrected chi connectivity index (χ4v) is 3.92. The van der Waals surface area contributed by atoms with Gasteiger partial charge in [-0.25, -0.2) is 13.8 Å². The van der Waals surface area contributed by atoms with Gasteiger partial charge in [-0.05, 0) is 36.4 Å². The van der Waals surface area contributed by atoms with Crippen LogP contribution in [-0.4, -0.2) is 40.8 Å². The summed E-state index contributed by atoms with van der Waals surface area (Å²) in [6, 6.07) is 9.85. The maximum atomic E-state index is 13.7. The topological polar surface area (TPSA) is 71.0 Å². The Bertz CT molecular complexity index is 995. The quantitative estimate of drug-likeness (QED) is 0.670. The molecule has 0 spiro atoms. The number of nitrogens with zero attached hydrogens (tertiary/aromatic N) is 2. The maximum Gasteiger partial charge on any atom is 0.242 e. The van der Waals surface area contributed by atoms with Crippen molar-refractivity contribution in [3.63, 3.8) is 0 Å². The van der Waals surface area contributed by atoms with Gasteiger partial charge in [0.15, 0.2) is 5.17 Å². The number of anilines is 1. The van der Waals surface area contributed by atoms with E-state index in [0.29, 0.717) is 22.7 Å². The number of rotatable bonds is 7. The van der Waals surface area contributed by atoms with E-state index in [1.54, 1.807) is 37.5 Å². The monoisotopic (exact) mass is 431 g/mol. The second-order valence-corrected chi connectivity index (χ2v) is 7.48. The predicted octanol–water partition coefficient (Wildman–Crippen LogP) is 4.12. The van der Waals surface area contributed by atoms with E-state index in [-0.39, 0.29) is 24.6 Å². The Morgan fingerprint density at radius 2 is 2.03 bits per heavy atom. The van der Waals surface area contributed by atoms with Crippen molar-refractivity contribution in [2.45, 2.75) is 11.7 Å². The molecule has 0 aromatic heterocycles. The van der Waals surface area contributed by atoms with Gasteiger partial charge in [-0.1, -0.05) is 17.8 Å². The number of carbonyl (C=O) groups is 2. The molecule has 30 heavy (non-hydrogen) atoms. The normalized spacial score (nSPS) is 17.3. The number of amides is 2. The Morgan fingerprint density at radius 1 is 1.30 bits per heavy atom. The molecule has 1 saturated heterocycles. The highest BCUT2D eigenvalue weighted by Crippen LogP contribution is 2.32. The first kappa shape index (κ1) is 21.5. The lowest BCUT2D eigenvalue weighted by Crippen LogP contribution is -2.33. The second-order valence-electron chi connectivity index (χ2n) is 6.31. The summed E-state index contributed by atoms with van der Waals surface area (Å²) in [4.78, 5) is 31.0. The first-order chi connectivity index (χ1) is 14.4. The smallest absolute Gasteiger partial charge is 0.242 e. The molecule has 1 atom stereocenters. The molecule has 2 amide bonds. The molecule has 9 heteroatoms. The molecule has 1 unspecified atom stereocenters. The predicted molar refractivity (Wildman–Crippen MR) is 113 cm³/mol. The molecule has 2 aromatic rings. The minimum atomic E-state index is -0.885. The lowest BCUT2D eigenvalue weighted by atomic mass is 10.2. The average Bonchev–Trinajstić information content (AvgIpc) is 3.00. The van der Waals surface area contributed by atoms with E-state index < -0.39 is 22.8 Å². The minimum absolute atomic E-state index is 0.146. The highest BCUT2D eigenvalue weighted by Gasteiger charge is 2.38. The second kappa shape index (κ2) is 9.53. The standard InChI is InChI=1S/C21H19F2N3O3S/c1-3-10-26-20(28)18(12-19(27)25-17-9-4-13(22)11-16(17)23)30-21(26)24-14-5-7-15(29-2)8-6-14/h3-9,11,18H,1,10,12H2,2H3,(H,25,27). The molecule has 1 aliphatic rings. The number of nitrogens with one attached hydrogen (secondary N) is 1. The van der Waals surface area contributed by atoms with Crippen molar-refractivity contribution in [2.24, 2.45) is 4.99 Å². The van der Waals surface area contributed by atoms with Crippen LogP contribution < -0.4 is 10.1 Å². The third-order valence-corrected chi connectivity index (χ3v) is 5.38. The van der Waals surface area contributed by atoms with E-state index in [1.165, 1.54) is 4.90 Å². The number of amidine groups is 1. The zero-order chi connectivity index (χ0) is 21.7. The molecule has 6 nitrogen and oxygen atoms in total. The van der Waals surface area contributed by atoms with Gasteiger partial charge in [0.1, 0.15) is 22.6 Å². The van der Waals surface area contributed by atoms with Crippen LogP contribution in [0.2, 0.25) is 0 Å². The molecule has 1 fully saturated rings. The molecule has 0 radical (unpaired) electrons. The number of aliphatic imine (C=N–C) groups is 1. The van der Waals surface area contributed by atoms with Gasteiger partial charge in [0.05, 0.1) is 18.5 Å². The summed E-state index contributed by atoms with van der Waals surface area (Å²) in [5, 5.41) is 2.09. The highest BCUT2D eigenvalue weighted by atomic mass is 32.2. The number of hydrogen-bond acceptors (Lipinski definition) is 5. The SMILES string of the molecule is C=CCN1C(=O)C(CC(=O)Nc2ccc(F)cc2F)SC1=Nc1ccc(OC)cc1. The first-order valence-electron chi connectivity index (χ1n) is 8.98. The van der Waals surface area contributed by atoms with Crippen molar-refractivity contribution in [1.82, 2.24) is 4.90 Å². The van der Waals surface area contributed by atoms with Crippen LogP contribution in [0.5, 0.6) is 5.75 Å². The first-order valence-corrected chi connectivity index (χ1v) is 9.86. The minimum Gasteiger partial charge on any atom is -0.497 e. The Kier molecular flexibility index (Phi) is 6.83. The van der Waals surface area contributed by atoms with Crippen LogP contribution in [0.1, 0.15) is 6.42 Å². The Balaban J connectivity index is 1.73. The van der Waals surface area contributed by atoms with Crippen molar-refractivity contribution in [3.8, 4) is 5.75 Å². The van der Waals surface area contributed by atoms with Gasteiger partial charge in [0, 0.05) is 19.0 Å². The third kappa shape index (κ3) is 5.04. The number of hydrogen-bond donors (Lipinski definition) is 1. The molecule has 0 saturated carbocycles. The van der Waals surface area contributed by atoms with Crippen molar-refractivity contribution >= 4 is 40.1 Å². The third-order valence-electron chi connectivity index (χ3n) is 4.20. The lowest BCUT2D eigenvalue weighted by Gasteiger charge is -2.14. The zero-order valence-electron chi connectivity index (χ0n) is 16.1. The van der Waals surface area contributed by atoms with Gasteiger partial charge in [0.25, 0.3) is 0 Å². The molecule has 0 aliphatic carbocycles. The van der Waals surface area contributed by atoms with Crippen LogP contribution >= 0.6 is 11.8 Å². The van der Waals surface area contributed by atoms with Crippen LogP contribution in [0.4, 0.5) is 20.2 Å². The van der Waals surface area contributed by atoms with E-state index >= 15 is 0 Å². The van der Waals surface area contributed by atoms with Crippen molar-refractivity contribution in [2.75, 3.05) is 19.0 Å². The maximum absolute atomic E-state index is 13.7.